The van der Waals surface area contributed by atoms with Gasteiger partial charge in [-0.3, -0.25) is 0 Å². The van der Waals surface area contributed by atoms with E-state index in [9.17, 15) is 0 Å². The number of benzene rings is 1. The molecule has 0 spiro atoms. The molecule has 0 aliphatic heterocycles. The Kier molecular flexibility index (Phi) is 3.91. The molecule has 1 saturated carbocycles. The summed E-state index contributed by atoms with van der Waals surface area (Å²) in [5.74, 6) is 0.864. The quantitative estimate of drug-likeness (QED) is 0.843. The van der Waals surface area contributed by atoms with Gasteiger partial charge in [-0.05, 0) is 56.4 Å². The fraction of sp³-hybridized carbons (Fsp3) is 0.571. The Hall–Kier alpha value is -0.500. The zero-order valence-corrected chi connectivity index (χ0v) is 11.7. The van der Waals surface area contributed by atoms with Crippen LogP contribution >= 0.6 is 15.9 Å². The largest absolute Gasteiger partial charge is 0.382 e. The van der Waals surface area contributed by atoms with Gasteiger partial charge >= 0.3 is 0 Å². The second-order valence-electron chi connectivity index (χ2n) is 4.94. The fourth-order valence-electron chi connectivity index (χ4n) is 2.61. The molecule has 1 aliphatic carbocycles. The van der Waals surface area contributed by atoms with E-state index in [-0.39, 0.29) is 0 Å². The third kappa shape index (κ3) is 2.79. The van der Waals surface area contributed by atoms with Crippen LogP contribution in [0, 0.1) is 12.8 Å². The van der Waals surface area contributed by atoms with Crippen molar-refractivity contribution in [3.63, 3.8) is 0 Å². The molecule has 2 rings (SSSR count). The molecule has 1 aromatic rings. The van der Waals surface area contributed by atoms with E-state index in [1.165, 1.54) is 36.9 Å². The number of halogens is 1. The molecule has 0 radical (unpaired) electrons. The Balaban J connectivity index is 2.02. The van der Waals surface area contributed by atoms with E-state index < -0.39 is 0 Å². The summed E-state index contributed by atoms with van der Waals surface area (Å²) in [6.45, 7) is 4.48. The van der Waals surface area contributed by atoms with Gasteiger partial charge in [0, 0.05) is 16.2 Å². The maximum absolute atomic E-state index is 3.66. The Labute approximate surface area is 107 Å². The number of anilines is 1. The van der Waals surface area contributed by atoms with Crippen LogP contribution in [0.3, 0.4) is 0 Å². The fourth-order valence-corrected chi connectivity index (χ4v) is 3.09. The summed E-state index contributed by atoms with van der Waals surface area (Å²) in [6, 6.07) is 7.05. The molecular formula is C14H20BrN. The Morgan fingerprint density at radius 2 is 2.00 bits per heavy atom. The van der Waals surface area contributed by atoms with Crippen molar-refractivity contribution >= 4 is 21.6 Å². The average Bonchev–Trinajstić information content (AvgIpc) is 2.75. The molecule has 16 heavy (non-hydrogen) atoms. The lowest BCUT2D eigenvalue weighted by molar-refractivity contribution is 0.482. The monoisotopic (exact) mass is 281 g/mol. The molecule has 88 valence electrons. The van der Waals surface area contributed by atoms with Gasteiger partial charge in [0.05, 0.1) is 0 Å². The van der Waals surface area contributed by atoms with Crippen molar-refractivity contribution in [2.45, 2.75) is 45.6 Å². The number of hydrogen-bond acceptors (Lipinski definition) is 1. The lowest BCUT2D eigenvalue weighted by Gasteiger charge is -2.22. The van der Waals surface area contributed by atoms with Crippen molar-refractivity contribution in [2.24, 2.45) is 5.92 Å². The number of nitrogens with one attached hydrogen (secondary N) is 1. The Bertz CT molecular complexity index is 356. The Morgan fingerprint density at radius 3 is 2.62 bits per heavy atom. The minimum Gasteiger partial charge on any atom is -0.382 e. The highest BCUT2D eigenvalue weighted by Gasteiger charge is 2.21. The third-order valence-electron chi connectivity index (χ3n) is 3.68. The van der Waals surface area contributed by atoms with Crippen molar-refractivity contribution in [1.29, 1.82) is 0 Å². The molecule has 1 fully saturated rings. The van der Waals surface area contributed by atoms with Crippen LogP contribution < -0.4 is 5.32 Å². The third-order valence-corrected chi connectivity index (χ3v) is 4.17. The topological polar surface area (TPSA) is 12.0 Å². The van der Waals surface area contributed by atoms with Gasteiger partial charge in [-0.1, -0.05) is 28.8 Å². The van der Waals surface area contributed by atoms with Gasteiger partial charge in [0.25, 0.3) is 0 Å². The zero-order chi connectivity index (χ0) is 11.5. The van der Waals surface area contributed by atoms with Gasteiger partial charge in [-0.2, -0.15) is 0 Å². The molecule has 0 amide bonds. The van der Waals surface area contributed by atoms with Gasteiger partial charge in [-0.15, -0.1) is 0 Å². The first-order valence-electron chi connectivity index (χ1n) is 6.19. The van der Waals surface area contributed by atoms with Crippen LogP contribution in [0.1, 0.15) is 38.2 Å². The van der Waals surface area contributed by atoms with Gasteiger partial charge in [-0.25, -0.2) is 0 Å². The first kappa shape index (κ1) is 12.0. The lowest BCUT2D eigenvalue weighted by atomic mass is 9.99. The maximum atomic E-state index is 3.66. The molecule has 1 aromatic carbocycles. The summed E-state index contributed by atoms with van der Waals surface area (Å²) in [5, 5.41) is 3.66. The molecule has 1 atom stereocenters. The van der Waals surface area contributed by atoms with Crippen molar-refractivity contribution in [2.75, 3.05) is 5.32 Å². The number of aryl methyl sites for hydroxylation is 1. The molecule has 1 nitrogen and oxygen atoms in total. The SMILES string of the molecule is Cc1cc(Br)ccc1NC(C)C1CCCC1. The van der Waals surface area contributed by atoms with E-state index in [0.717, 1.165) is 10.4 Å². The number of hydrogen-bond donors (Lipinski definition) is 1. The minimum atomic E-state index is 0.599. The van der Waals surface area contributed by atoms with Gasteiger partial charge in [0.2, 0.25) is 0 Å². The highest BCUT2D eigenvalue weighted by atomic mass is 79.9. The van der Waals surface area contributed by atoms with Crippen molar-refractivity contribution in [1.82, 2.24) is 0 Å². The summed E-state index contributed by atoms with van der Waals surface area (Å²) >= 11 is 3.50. The van der Waals surface area contributed by atoms with Crippen LogP contribution in [0.25, 0.3) is 0 Å². The molecule has 0 bridgehead atoms. The molecule has 0 aromatic heterocycles. The van der Waals surface area contributed by atoms with Crippen LogP contribution in [-0.2, 0) is 0 Å². The van der Waals surface area contributed by atoms with E-state index in [0.29, 0.717) is 6.04 Å². The summed E-state index contributed by atoms with van der Waals surface area (Å²) in [4.78, 5) is 0. The molecular weight excluding hydrogens is 262 g/mol. The predicted molar refractivity (Wildman–Crippen MR) is 73.9 cm³/mol. The van der Waals surface area contributed by atoms with Gasteiger partial charge in [0.15, 0.2) is 0 Å². The van der Waals surface area contributed by atoms with Crippen molar-refractivity contribution < 1.29 is 0 Å². The Morgan fingerprint density at radius 1 is 1.31 bits per heavy atom. The first-order valence-corrected chi connectivity index (χ1v) is 6.99. The molecule has 2 heteroatoms. The van der Waals surface area contributed by atoms with Crippen molar-refractivity contribution in [3.05, 3.63) is 28.2 Å². The van der Waals surface area contributed by atoms with E-state index >= 15 is 0 Å². The summed E-state index contributed by atoms with van der Waals surface area (Å²) in [5.41, 5.74) is 2.60. The molecule has 1 unspecified atom stereocenters. The second-order valence-corrected chi connectivity index (χ2v) is 5.85. The van der Waals surface area contributed by atoms with E-state index in [1.54, 1.807) is 0 Å². The number of rotatable bonds is 3. The van der Waals surface area contributed by atoms with Crippen LogP contribution in [0.2, 0.25) is 0 Å². The van der Waals surface area contributed by atoms with Crippen LogP contribution in [0.4, 0.5) is 5.69 Å². The summed E-state index contributed by atoms with van der Waals surface area (Å²) < 4.78 is 1.16. The van der Waals surface area contributed by atoms with E-state index in [2.05, 4.69) is 53.3 Å². The summed E-state index contributed by atoms with van der Waals surface area (Å²) in [6.07, 6.45) is 5.61. The molecule has 0 heterocycles. The van der Waals surface area contributed by atoms with E-state index in [4.69, 9.17) is 0 Å². The van der Waals surface area contributed by atoms with Crippen LogP contribution in [0.5, 0.6) is 0 Å². The van der Waals surface area contributed by atoms with Crippen LogP contribution in [0.15, 0.2) is 22.7 Å². The standard InChI is InChI=1S/C14H20BrN/c1-10-9-13(15)7-8-14(10)16-11(2)12-5-3-4-6-12/h7-9,11-12,16H,3-6H2,1-2H3. The normalized spacial score (nSPS) is 18.7. The predicted octanol–water partition coefficient (Wildman–Crippen LogP) is 4.75. The zero-order valence-electron chi connectivity index (χ0n) is 10.1. The maximum Gasteiger partial charge on any atom is 0.0372 e. The lowest BCUT2D eigenvalue weighted by Crippen LogP contribution is -2.24. The first-order chi connectivity index (χ1) is 7.66. The van der Waals surface area contributed by atoms with Crippen LogP contribution in [-0.4, -0.2) is 6.04 Å². The van der Waals surface area contributed by atoms with Gasteiger partial charge < -0.3 is 5.32 Å². The highest BCUT2D eigenvalue weighted by Crippen LogP contribution is 2.30. The highest BCUT2D eigenvalue weighted by molar-refractivity contribution is 9.10. The molecule has 1 N–H and O–H groups in total. The molecule has 1 aliphatic rings. The molecule has 0 saturated heterocycles. The minimum absolute atomic E-state index is 0.599. The average molecular weight is 282 g/mol. The summed E-state index contributed by atoms with van der Waals surface area (Å²) in [7, 11) is 0. The second kappa shape index (κ2) is 5.22. The van der Waals surface area contributed by atoms with Crippen molar-refractivity contribution in [3.8, 4) is 0 Å². The smallest absolute Gasteiger partial charge is 0.0372 e. The van der Waals surface area contributed by atoms with Gasteiger partial charge in [0.1, 0.15) is 0 Å². The van der Waals surface area contributed by atoms with E-state index in [1.807, 2.05) is 0 Å².